The van der Waals surface area contributed by atoms with Crippen molar-refractivity contribution >= 4 is 45.8 Å². The molecule has 0 saturated carbocycles. The first-order valence-electron chi connectivity index (χ1n) is 8.35. The van der Waals surface area contributed by atoms with Gasteiger partial charge < -0.3 is 14.7 Å². The summed E-state index contributed by atoms with van der Waals surface area (Å²) in [4.78, 5) is 14.7. The van der Waals surface area contributed by atoms with Gasteiger partial charge >= 0.3 is 0 Å². The number of fused-ring (bicyclic) bond motifs is 1. The number of ether oxygens (including phenoxy) is 1. The fourth-order valence-electron chi connectivity index (χ4n) is 3.00. The molecule has 1 N–H and O–H groups in total. The van der Waals surface area contributed by atoms with E-state index in [0.29, 0.717) is 28.0 Å². The van der Waals surface area contributed by atoms with E-state index in [1.54, 1.807) is 6.07 Å². The Morgan fingerprint density at radius 1 is 1.24 bits per heavy atom. The van der Waals surface area contributed by atoms with Crippen molar-refractivity contribution in [2.45, 2.75) is 20.3 Å². The molecule has 0 unspecified atom stereocenters. The highest BCUT2D eigenvalue weighted by atomic mass is 127. The van der Waals surface area contributed by atoms with Gasteiger partial charge in [-0.3, -0.25) is 4.79 Å². The Hall–Kier alpha value is -2.02. The number of phenols is 1. The monoisotopic (exact) mass is 449 g/mol. The molecule has 0 fully saturated rings. The molecule has 3 rings (SSSR count). The molecule has 2 aromatic rings. The van der Waals surface area contributed by atoms with Crippen molar-refractivity contribution in [2.75, 3.05) is 18.1 Å². The second-order valence-electron chi connectivity index (χ2n) is 5.81. The molecule has 0 bridgehead atoms. The average molecular weight is 449 g/mol. The standard InChI is InChI=1S/C20H20INO3/c1-3-9-22-17-8-6-5-7-14(17)15(20(22)24)10-13-11-16(21)19(23)18(12-13)25-4-2/h5-8,10-12,23H,3-4,9H2,1-2H3/b15-10-. The van der Waals surface area contributed by atoms with Crippen LogP contribution >= 0.6 is 22.6 Å². The summed E-state index contributed by atoms with van der Waals surface area (Å²) < 4.78 is 6.19. The molecule has 1 heterocycles. The molecule has 130 valence electrons. The van der Waals surface area contributed by atoms with Gasteiger partial charge in [-0.2, -0.15) is 0 Å². The largest absolute Gasteiger partial charge is 0.504 e. The van der Waals surface area contributed by atoms with E-state index >= 15 is 0 Å². The normalized spacial score (nSPS) is 14.9. The van der Waals surface area contributed by atoms with Gasteiger partial charge in [0.1, 0.15) is 0 Å². The van der Waals surface area contributed by atoms with Crippen LogP contribution in [0.3, 0.4) is 0 Å². The topological polar surface area (TPSA) is 49.8 Å². The number of hydrogen-bond donors (Lipinski definition) is 1. The number of carbonyl (C=O) groups excluding carboxylic acids is 1. The highest BCUT2D eigenvalue weighted by molar-refractivity contribution is 14.1. The van der Waals surface area contributed by atoms with E-state index in [1.807, 2.05) is 48.2 Å². The summed E-state index contributed by atoms with van der Waals surface area (Å²) in [6.45, 7) is 5.10. The minimum atomic E-state index is 0.0177. The lowest BCUT2D eigenvalue weighted by Crippen LogP contribution is -2.26. The van der Waals surface area contributed by atoms with Crippen molar-refractivity contribution in [3.05, 3.63) is 51.1 Å². The minimum Gasteiger partial charge on any atom is -0.504 e. The van der Waals surface area contributed by atoms with Gasteiger partial charge in [-0.1, -0.05) is 25.1 Å². The summed E-state index contributed by atoms with van der Waals surface area (Å²) in [6, 6.07) is 11.5. The lowest BCUT2D eigenvalue weighted by molar-refractivity contribution is -0.113. The summed E-state index contributed by atoms with van der Waals surface area (Å²) in [5, 5.41) is 10.1. The van der Waals surface area contributed by atoms with Crippen LogP contribution in [0.5, 0.6) is 11.5 Å². The third kappa shape index (κ3) is 3.38. The Morgan fingerprint density at radius 2 is 2.00 bits per heavy atom. The van der Waals surface area contributed by atoms with Crippen molar-refractivity contribution in [1.29, 1.82) is 0 Å². The van der Waals surface area contributed by atoms with Crippen LogP contribution in [0, 0.1) is 3.57 Å². The van der Waals surface area contributed by atoms with Gasteiger partial charge in [0.15, 0.2) is 11.5 Å². The predicted molar refractivity (Wildman–Crippen MR) is 109 cm³/mol. The van der Waals surface area contributed by atoms with Crippen molar-refractivity contribution in [1.82, 2.24) is 0 Å². The number of phenolic OH excluding ortho intramolecular Hbond substituents is 1. The van der Waals surface area contributed by atoms with Crippen LogP contribution in [0.25, 0.3) is 11.6 Å². The van der Waals surface area contributed by atoms with E-state index < -0.39 is 0 Å². The van der Waals surface area contributed by atoms with Crippen LogP contribution in [-0.2, 0) is 4.79 Å². The molecule has 4 nitrogen and oxygen atoms in total. The van der Waals surface area contributed by atoms with E-state index in [1.165, 1.54) is 0 Å². The van der Waals surface area contributed by atoms with Crippen LogP contribution in [0.1, 0.15) is 31.4 Å². The quantitative estimate of drug-likeness (QED) is 0.532. The van der Waals surface area contributed by atoms with Crippen LogP contribution in [-0.4, -0.2) is 24.2 Å². The SMILES string of the molecule is CCCN1C(=O)/C(=C\c2cc(I)c(O)c(OCC)c2)c2ccccc21. The first kappa shape index (κ1) is 17.8. The van der Waals surface area contributed by atoms with Crippen molar-refractivity contribution in [2.24, 2.45) is 0 Å². The van der Waals surface area contributed by atoms with E-state index in [0.717, 1.165) is 23.2 Å². The Bertz CT molecular complexity index is 845. The van der Waals surface area contributed by atoms with E-state index in [9.17, 15) is 9.90 Å². The van der Waals surface area contributed by atoms with E-state index in [2.05, 4.69) is 29.5 Å². The molecule has 0 aliphatic carbocycles. The molecule has 0 spiro atoms. The highest BCUT2D eigenvalue weighted by Crippen LogP contribution is 2.39. The summed E-state index contributed by atoms with van der Waals surface area (Å²) in [5.41, 5.74) is 3.41. The van der Waals surface area contributed by atoms with Crippen LogP contribution < -0.4 is 9.64 Å². The first-order chi connectivity index (χ1) is 12.1. The maximum Gasteiger partial charge on any atom is 0.258 e. The molecule has 2 aromatic carbocycles. The zero-order chi connectivity index (χ0) is 18.0. The highest BCUT2D eigenvalue weighted by Gasteiger charge is 2.31. The number of amides is 1. The van der Waals surface area contributed by atoms with Gasteiger partial charge in [0.25, 0.3) is 5.91 Å². The Morgan fingerprint density at radius 3 is 2.72 bits per heavy atom. The number of carbonyl (C=O) groups is 1. The Balaban J connectivity index is 2.08. The number of para-hydroxylation sites is 1. The van der Waals surface area contributed by atoms with E-state index in [-0.39, 0.29) is 11.7 Å². The molecule has 5 heteroatoms. The fraction of sp³-hybridized carbons (Fsp3) is 0.250. The van der Waals surface area contributed by atoms with Gasteiger partial charge in [-0.05, 0) is 65.8 Å². The van der Waals surface area contributed by atoms with Gasteiger partial charge in [-0.25, -0.2) is 0 Å². The Labute approximate surface area is 161 Å². The first-order valence-corrected chi connectivity index (χ1v) is 9.43. The lowest BCUT2D eigenvalue weighted by atomic mass is 10.0. The summed E-state index contributed by atoms with van der Waals surface area (Å²) in [6.07, 6.45) is 2.78. The second-order valence-corrected chi connectivity index (χ2v) is 6.98. The number of benzene rings is 2. The van der Waals surface area contributed by atoms with Crippen molar-refractivity contribution < 1.29 is 14.6 Å². The molecule has 1 aliphatic heterocycles. The Kier molecular flexibility index (Phi) is 5.32. The second kappa shape index (κ2) is 7.47. The molecule has 1 aliphatic rings. The van der Waals surface area contributed by atoms with Crippen LogP contribution in [0.15, 0.2) is 36.4 Å². The average Bonchev–Trinajstić information content (AvgIpc) is 2.86. The fourth-order valence-corrected chi connectivity index (χ4v) is 3.63. The lowest BCUT2D eigenvalue weighted by Gasteiger charge is -2.15. The van der Waals surface area contributed by atoms with Crippen LogP contribution in [0.2, 0.25) is 0 Å². The molecule has 1 amide bonds. The number of aromatic hydroxyl groups is 1. The minimum absolute atomic E-state index is 0.0177. The predicted octanol–water partition coefficient (Wildman–Crippen LogP) is 4.69. The molecule has 0 saturated heterocycles. The summed E-state index contributed by atoms with van der Waals surface area (Å²) in [7, 11) is 0. The molecule has 0 radical (unpaired) electrons. The molecular formula is C20H20INO3. The molecule has 0 atom stereocenters. The van der Waals surface area contributed by atoms with Crippen LogP contribution in [0.4, 0.5) is 5.69 Å². The smallest absolute Gasteiger partial charge is 0.258 e. The zero-order valence-corrected chi connectivity index (χ0v) is 16.4. The van der Waals surface area contributed by atoms with E-state index in [4.69, 9.17) is 4.74 Å². The van der Waals surface area contributed by atoms with Crippen molar-refractivity contribution in [3.8, 4) is 11.5 Å². The molecule has 0 aromatic heterocycles. The summed E-state index contributed by atoms with van der Waals surface area (Å²) in [5.74, 6) is 0.588. The van der Waals surface area contributed by atoms with Crippen molar-refractivity contribution in [3.63, 3.8) is 0 Å². The summed E-state index contributed by atoms with van der Waals surface area (Å²) >= 11 is 2.07. The van der Waals surface area contributed by atoms with Gasteiger partial charge in [0.2, 0.25) is 0 Å². The van der Waals surface area contributed by atoms with Gasteiger partial charge in [-0.15, -0.1) is 0 Å². The number of halogens is 1. The maximum atomic E-state index is 12.9. The zero-order valence-electron chi connectivity index (χ0n) is 14.3. The third-order valence-electron chi connectivity index (χ3n) is 4.07. The van der Waals surface area contributed by atoms with Gasteiger partial charge in [0.05, 0.1) is 15.9 Å². The maximum absolute atomic E-state index is 12.9. The van der Waals surface area contributed by atoms with Gasteiger partial charge in [0, 0.05) is 17.7 Å². The number of nitrogens with zero attached hydrogens (tertiary/aromatic N) is 1. The third-order valence-corrected chi connectivity index (χ3v) is 4.89. The number of hydrogen-bond acceptors (Lipinski definition) is 3. The molecule has 25 heavy (non-hydrogen) atoms. The number of rotatable bonds is 5. The number of anilines is 1. The molecular weight excluding hydrogens is 429 g/mol.